The molecule has 0 radical (unpaired) electrons. The topological polar surface area (TPSA) is 70.6 Å². The third kappa shape index (κ3) is 5.52. The maximum absolute atomic E-state index is 11.4. The number of hydrogen-bond acceptors (Lipinski definition) is 3. The third-order valence-electron chi connectivity index (χ3n) is 2.42. The third-order valence-corrected chi connectivity index (χ3v) is 2.66. The SMILES string of the molecule is CC[C@H](C)NC(=O)C(=O)N/N=C\c1cccc(Cl)c1. The van der Waals surface area contributed by atoms with Crippen LogP contribution in [0.4, 0.5) is 0 Å². The van der Waals surface area contributed by atoms with E-state index in [9.17, 15) is 9.59 Å². The van der Waals surface area contributed by atoms with Crippen LogP contribution in [0, 0.1) is 0 Å². The molecular formula is C13H16ClN3O2. The van der Waals surface area contributed by atoms with E-state index >= 15 is 0 Å². The Morgan fingerprint density at radius 1 is 1.42 bits per heavy atom. The first kappa shape index (κ1) is 15.2. The Labute approximate surface area is 117 Å². The molecule has 1 aromatic rings. The van der Waals surface area contributed by atoms with Gasteiger partial charge in [0.1, 0.15) is 0 Å². The van der Waals surface area contributed by atoms with Crippen molar-refractivity contribution in [2.24, 2.45) is 5.10 Å². The van der Waals surface area contributed by atoms with E-state index in [2.05, 4.69) is 15.8 Å². The minimum absolute atomic E-state index is 0.0461. The Kier molecular flexibility index (Phi) is 6.02. The highest BCUT2D eigenvalue weighted by molar-refractivity contribution is 6.35. The molecule has 0 saturated carbocycles. The summed E-state index contributed by atoms with van der Waals surface area (Å²) in [5.41, 5.74) is 2.89. The average Bonchev–Trinajstić information content (AvgIpc) is 2.38. The molecule has 0 fully saturated rings. The average molecular weight is 282 g/mol. The Bertz CT molecular complexity index is 489. The second-order valence-electron chi connectivity index (χ2n) is 4.04. The minimum Gasteiger partial charge on any atom is -0.345 e. The summed E-state index contributed by atoms with van der Waals surface area (Å²) in [5, 5.41) is 6.81. The summed E-state index contributed by atoms with van der Waals surface area (Å²) in [6.45, 7) is 3.74. The van der Waals surface area contributed by atoms with Crippen molar-refractivity contribution >= 4 is 29.6 Å². The summed E-state index contributed by atoms with van der Waals surface area (Å²) in [4.78, 5) is 22.8. The first-order chi connectivity index (χ1) is 9.02. The van der Waals surface area contributed by atoms with E-state index in [1.165, 1.54) is 6.21 Å². The molecule has 2 N–H and O–H groups in total. The number of carbonyl (C=O) groups excluding carboxylic acids is 2. The van der Waals surface area contributed by atoms with Gasteiger partial charge in [-0.25, -0.2) is 5.43 Å². The van der Waals surface area contributed by atoms with Gasteiger partial charge < -0.3 is 5.32 Å². The predicted octanol–water partition coefficient (Wildman–Crippen LogP) is 1.70. The number of nitrogens with zero attached hydrogens (tertiary/aromatic N) is 1. The van der Waals surface area contributed by atoms with Crippen molar-refractivity contribution in [1.82, 2.24) is 10.7 Å². The van der Waals surface area contributed by atoms with E-state index in [0.717, 1.165) is 12.0 Å². The second-order valence-corrected chi connectivity index (χ2v) is 4.47. The Hall–Kier alpha value is -1.88. The molecule has 0 aliphatic carbocycles. The fraction of sp³-hybridized carbons (Fsp3) is 0.308. The Morgan fingerprint density at radius 3 is 2.79 bits per heavy atom. The van der Waals surface area contributed by atoms with E-state index in [4.69, 9.17) is 11.6 Å². The molecule has 0 aromatic heterocycles. The molecule has 0 saturated heterocycles. The number of carbonyl (C=O) groups is 2. The van der Waals surface area contributed by atoms with Crippen LogP contribution < -0.4 is 10.7 Å². The van der Waals surface area contributed by atoms with Gasteiger partial charge in [-0.1, -0.05) is 30.7 Å². The lowest BCUT2D eigenvalue weighted by atomic mass is 10.2. The lowest BCUT2D eigenvalue weighted by Crippen LogP contribution is -2.41. The van der Waals surface area contributed by atoms with Crippen LogP contribution in [0.5, 0.6) is 0 Å². The number of benzene rings is 1. The van der Waals surface area contributed by atoms with Gasteiger partial charge in [0.05, 0.1) is 6.21 Å². The minimum atomic E-state index is -0.793. The van der Waals surface area contributed by atoms with Crippen molar-refractivity contribution in [2.75, 3.05) is 0 Å². The zero-order valence-corrected chi connectivity index (χ0v) is 11.6. The predicted molar refractivity (Wildman–Crippen MR) is 75.1 cm³/mol. The normalized spacial score (nSPS) is 12.2. The molecule has 2 amide bonds. The Balaban J connectivity index is 2.48. The summed E-state index contributed by atoms with van der Waals surface area (Å²) in [5.74, 6) is -1.49. The van der Waals surface area contributed by atoms with Crippen LogP contribution in [-0.4, -0.2) is 24.1 Å². The van der Waals surface area contributed by atoms with E-state index in [1.807, 2.05) is 13.8 Å². The van der Waals surface area contributed by atoms with Crippen molar-refractivity contribution in [2.45, 2.75) is 26.3 Å². The molecule has 0 heterocycles. The molecule has 0 spiro atoms. The maximum Gasteiger partial charge on any atom is 0.329 e. The van der Waals surface area contributed by atoms with Crippen molar-refractivity contribution in [3.8, 4) is 0 Å². The molecule has 19 heavy (non-hydrogen) atoms. The maximum atomic E-state index is 11.4. The fourth-order valence-electron chi connectivity index (χ4n) is 1.19. The van der Waals surface area contributed by atoms with Gasteiger partial charge in [-0.3, -0.25) is 9.59 Å². The molecule has 0 aliphatic rings. The van der Waals surface area contributed by atoms with Gasteiger partial charge in [0, 0.05) is 11.1 Å². The van der Waals surface area contributed by atoms with Crippen molar-refractivity contribution in [1.29, 1.82) is 0 Å². The van der Waals surface area contributed by atoms with Gasteiger partial charge in [-0.2, -0.15) is 5.10 Å². The molecular weight excluding hydrogens is 266 g/mol. The van der Waals surface area contributed by atoms with E-state index < -0.39 is 11.8 Å². The van der Waals surface area contributed by atoms with E-state index in [0.29, 0.717) is 5.02 Å². The first-order valence-electron chi connectivity index (χ1n) is 5.92. The highest BCUT2D eigenvalue weighted by Gasteiger charge is 2.14. The molecule has 0 aliphatic heterocycles. The van der Waals surface area contributed by atoms with Crippen LogP contribution in [-0.2, 0) is 9.59 Å². The molecule has 1 aromatic carbocycles. The molecule has 102 valence electrons. The molecule has 0 unspecified atom stereocenters. The van der Waals surface area contributed by atoms with Crippen molar-refractivity contribution in [3.63, 3.8) is 0 Å². The lowest BCUT2D eigenvalue weighted by Gasteiger charge is -2.09. The van der Waals surface area contributed by atoms with Gasteiger partial charge in [-0.15, -0.1) is 0 Å². The van der Waals surface area contributed by atoms with Gasteiger partial charge in [0.25, 0.3) is 0 Å². The van der Waals surface area contributed by atoms with Crippen LogP contribution in [0.25, 0.3) is 0 Å². The highest BCUT2D eigenvalue weighted by Crippen LogP contribution is 2.08. The number of halogens is 1. The molecule has 0 bridgehead atoms. The van der Waals surface area contributed by atoms with E-state index in [-0.39, 0.29) is 6.04 Å². The summed E-state index contributed by atoms with van der Waals surface area (Å²) >= 11 is 5.80. The number of amides is 2. The monoisotopic (exact) mass is 281 g/mol. The lowest BCUT2D eigenvalue weighted by molar-refractivity contribution is -0.139. The fourth-order valence-corrected chi connectivity index (χ4v) is 1.39. The van der Waals surface area contributed by atoms with Crippen molar-refractivity contribution < 1.29 is 9.59 Å². The summed E-state index contributed by atoms with van der Waals surface area (Å²) in [6, 6.07) is 6.92. The quantitative estimate of drug-likeness (QED) is 0.501. The van der Waals surface area contributed by atoms with Crippen molar-refractivity contribution in [3.05, 3.63) is 34.9 Å². The van der Waals surface area contributed by atoms with Crippen LogP contribution >= 0.6 is 11.6 Å². The van der Waals surface area contributed by atoms with E-state index in [1.54, 1.807) is 24.3 Å². The number of hydrogen-bond donors (Lipinski definition) is 2. The zero-order chi connectivity index (χ0) is 14.3. The van der Waals surface area contributed by atoms with Gasteiger partial charge in [-0.05, 0) is 31.0 Å². The molecule has 5 nitrogen and oxygen atoms in total. The summed E-state index contributed by atoms with van der Waals surface area (Å²) in [6.07, 6.45) is 2.17. The van der Waals surface area contributed by atoms with Crippen LogP contribution in [0.2, 0.25) is 5.02 Å². The highest BCUT2D eigenvalue weighted by atomic mass is 35.5. The van der Waals surface area contributed by atoms with Crippen LogP contribution in [0.3, 0.4) is 0 Å². The number of hydrazone groups is 1. The second kappa shape index (κ2) is 7.53. The van der Waals surface area contributed by atoms with Gasteiger partial charge >= 0.3 is 11.8 Å². The summed E-state index contributed by atoms with van der Waals surface area (Å²) < 4.78 is 0. The van der Waals surface area contributed by atoms with Crippen LogP contribution in [0.1, 0.15) is 25.8 Å². The Morgan fingerprint density at radius 2 is 2.16 bits per heavy atom. The molecule has 6 heteroatoms. The largest absolute Gasteiger partial charge is 0.345 e. The summed E-state index contributed by atoms with van der Waals surface area (Å²) in [7, 11) is 0. The zero-order valence-electron chi connectivity index (χ0n) is 10.8. The number of nitrogens with one attached hydrogen (secondary N) is 2. The smallest absolute Gasteiger partial charge is 0.329 e. The van der Waals surface area contributed by atoms with Gasteiger partial charge in [0.2, 0.25) is 0 Å². The van der Waals surface area contributed by atoms with Gasteiger partial charge in [0.15, 0.2) is 0 Å². The number of rotatable bonds is 4. The van der Waals surface area contributed by atoms with Crippen LogP contribution in [0.15, 0.2) is 29.4 Å². The molecule has 1 rings (SSSR count). The standard InChI is InChI=1S/C13H16ClN3O2/c1-3-9(2)16-12(18)13(19)17-15-8-10-5-4-6-11(14)7-10/h4-9H,3H2,1-2H3,(H,16,18)(H,17,19)/b15-8-/t9-/m0/s1. The molecule has 1 atom stereocenters. The first-order valence-corrected chi connectivity index (χ1v) is 6.30.